The Morgan fingerprint density at radius 1 is 1.31 bits per heavy atom. The van der Waals surface area contributed by atoms with E-state index in [0.29, 0.717) is 5.15 Å². The van der Waals surface area contributed by atoms with Crippen LogP contribution in [0.2, 0.25) is 5.15 Å². The second-order valence-corrected chi connectivity index (χ2v) is 3.89. The molecule has 0 fully saturated rings. The van der Waals surface area contributed by atoms with Gasteiger partial charge in [0.1, 0.15) is 5.15 Å². The van der Waals surface area contributed by atoms with Crippen molar-refractivity contribution in [2.45, 2.75) is 4.43 Å². The summed E-state index contributed by atoms with van der Waals surface area (Å²) in [5, 5.41) is 1.77. The molecule has 0 saturated heterocycles. The van der Waals surface area contributed by atoms with Gasteiger partial charge in [-0.15, -0.1) is 0 Å². The van der Waals surface area contributed by atoms with Crippen LogP contribution in [-0.4, -0.2) is 4.98 Å². The van der Waals surface area contributed by atoms with Crippen molar-refractivity contribution in [1.29, 1.82) is 0 Å². The minimum Gasteiger partial charge on any atom is -0.236 e. The molecule has 0 amide bonds. The van der Waals surface area contributed by atoms with E-state index in [2.05, 4.69) is 39.7 Å². The van der Waals surface area contributed by atoms with Gasteiger partial charge in [-0.2, -0.15) is 0 Å². The summed E-state index contributed by atoms with van der Waals surface area (Å²) in [5.74, 6) is 0. The number of hydrogen-bond acceptors (Lipinski definition) is 1. The van der Waals surface area contributed by atoms with E-state index in [1.807, 2.05) is 18.2 Å². The maximum atomic E-state index is 5.99. The molecule has 0 spiro atoms. The van der Waals surface area contributed by atoms with Crippen molar-refractivity contribution >= 4 is 45.1 Å². The van der Waals surface area contributed by atoms with Crippen molar-refractivity contribution in [3.63, 3.8) is 0 Å². The van der Waals surface area contributed by atoms with Gasteiger partial charge in [-0.05, 0) is 17.7 Å². The summed E-state index contributed by atoms with van der Waals surface area (Å²) in [5.41, 5.74) is 2.06. The van der Waals surface area contributed by atoms with Crippen LogP contribution in [0.5, 0.6) is 0 Å². The van der Waals surface area contributed by atoms with Crippen LogP contribution < -0.4 is 0 Å². The van der Waals surface area contributed by atoms with Crippen molar-refractivity contribution in [3.8, 4) is 0 Å². The molecular formula is C10H7ClIN. The molecule has 0 aliphatic rings. The quantitative estimate of drug-likeness (QED) is 0.443. The Balaban J connectivity index is 2.74. The molecule has 0 aliphatic carbocycles. The summed E-state index contributed by atoms with van der Waals surface area (Å²) >= 11 is 8.27. The summed E-state index contributed by atoms with van der Waals surface area (Å²) in [6.45, 7) is 0. The average molecular weight is 304 g/mol. The Kier molecular flexibility index (Phi) is 2.69. The summed E-state index contributed by atoms with van der Waals surface area (Å²) in [6.07, 6.45) is 0. The molecular weight excluding hydrogens is 296 g/mol. The summed E-state index contributed by atoms with van der Waals surface area (Å²) in [4.78, 5) is 4.31. The highest BCUT2D eigenvalue weighted by atomic mass is 127. The second-order valence-electron chi connectivity index (χ2n) is 2.76. The van der Waals surface area contributed by atoms with Gasteiger partial charge in [-0.25, -0.2) is 4.98 Å². The first kappa shape index (κ1) is 9.21. The van der Waals surface area contributed by atoms with Gasteiger partial charge >= 0.3 is 0 Å². The first-order chi connectivity index (χ1) is 6.31. The fourth-order valence-electron chi connectivity index (χ4n) is 1.23. The zero-order chi connectivity index (χ0) is 9.26. The molecule has 0 atom stereocenters. The number of pyridine rings is 1. The van der Waals surface area contributed by atoms with Gasteiger partial charge in [-0.1, -0.05) is 52.4 Å². The van der Waals surface area contributed by atoms with Crippen LogP contribution in [0.25, 0.3) is 10.9 Å². The van der Waals surface area contributed by atoms with Gasteiger partial charge in [0, 0.05) is 9.81 Å². The molecule has 3 heteroatoms. The molecule has 0 aliphatic heterocycles. The third kappa shape index (κ3) is 1.79. The number of benzene rings is 1. The lowest BCUT2D eigenvalue weighted by atomic mass is 10.2. The molecule has 13 heavy (non-hydrogen) atoms. The summed E-state index contributed by atoms with van der Waals surface area (Å²) in [7, 11) is 0. The standard InChI is InChI=1S/C10H7ClIN/c11-10-8(6-12)5-7-3-1-2-4-9(7)13-10/h1-5H,6H2. The Morgan fingerprint density at radius 2 is 2.08 bits per heavy atom. The number of fused-ring (bicyclic) bond motifs is 1. The van der Waals surface area contributed by atoms with Crippen molar-refractivity contribution in [2.75, 3.05) is 0 Å². The van der Waals surface area contributed by atoms with Crippen molar-refractivity contribution in [3.05, 3.63) is 41.0 Å². The highest BCUT2D eigenvalue weighted by Gasteiger charge is 2.02. The molecule has 1 heterocycles. The molecule has 0 unspecified atom stereocenters. The SMILES string of the molecule is Clc1nc2ccccc2cc1CI. The van der Waals surface area contributed by atoms with Gasteiger partial charge in [0.2, 0.25) is 0 Å². The van der Waals surface area contributed by atoms with E-state index in [1.54, 1.807) is 0 Å². The Hall–Kier alpha value is -0.350. The third-order valence-corrected chi connectivity index (χ3v) is 3.04. The Bertz CT molecular complexity index is 442. The molecule has 0 saturated carbocycles. The second kappa shape index (κ2) is 3.80. The zero-order valence-corrected chi connectivity index (χ0v) is 9.71. The van der Waals surface area contributed by atoms with E-state index in [4.69, 9.17) is 11.6 Å². The van der Waals surface area contributed by atoms with Crippen LogP contribution in [0.15, 0.2) is 30.3 Å². The number of alkyl halides is 1. The number of hydrogen-bond donors (Lipinski definition) is 0. The molecule has 1 nitrogen and oxygen atoms in total. The van der Waals surface area contributed by atoms with E-state index in [0.717, 1.165) is 20.9 Å². The molecule has 0 N–H and O–H groups in total. The summed E-state index contributed by atoms with van der Waals surface area (Å²) in [6, 6.07) is 10.1. The molecule has 1 aromatic carbocycles. The van der Waals surface area contributed by atoms with Crippen LogP contribution in [0.3, 0.4) is 0 Å². The fourth-order valence-corrected chi connectivity index (χ4v) is 2.25. The molecule has 0 bridgehead atoms. The Labute approximate surface area is 95.3 Å². The Morgan fingerprint density at radius 3 is 2.85 bits per heavy atom. The molecule has 1 aromatic heterocycles. The number of nitrogens with zero attached hydrogens (tertiary/aromatic N) is 1. The fraction of sp³-hybridized carbons (Fsp3) is 0.100. The molecule has 0 radical (unpaired) electrons. The van der Waals surface area contributed by atoms with Crippen LogP contribution in [-0.2, 0) is 4.43 Å². The average Bonchev–Trinajstić information content (AvgIpc) is 2.17. The predicted octanol–water partition coefficient (Wildman–Crippen LogP) is 3.82. The van der Waals surface area contributed by atoms with Gasteiger partial charge in [0.15, 0.2) is 0 Å². The normalized spacial score (nSPS) is 10.6. The van der Waals surface area contributed by atoms with Gasteiger partial charge in [0.25, 0.3) is 0 Å². The topological polar surface area (TPSA) is 12.9 Å². The van der Waals surface area contributed by atoms with Crippen LogP contribution in [0, 0.1) is 0 Å². The number of rotatable bonds is 1. The molecule has 2 rings (SSSR count). The van der Waals surface area contributed by atoms with Crippen molar-refractivity contribution in [1.82, 2.24) is 4.98 Å². The highest BCUT2D eigenvalue weighted by molar-refractivity contribution is 14.1. The van der Waals surface area contributed by atoms with Crippen LogP contribution in [0.4, 0.5) is 0 Å². The van der Waals surface area contributed by atoms with E-state index >= 15 is 0 Å². The number of aromatic nitrogens is 1. The minimum absolute atomic E-state index is 0.619. The van der Waals surface area contributed by atoms with Crippen LogP contribution >= 0.6 is 34.2 Å². The predicted molar refractivity (Wildman–Crippen MR) is 64.5 cm³/mol. The summed E-state index contributed by atoms with van der Waals surface area (Å²) < 4.78 is 0.897. The largest absolute Gasteiger partial charge is 0.236 e. The zero-order valence-electron chi connectivity index (χ0n) is 6.80. The van der Waals surface area contributed by atoms with Crippen LogP contribution in [0.1, 0.15) is 5.56 Å². The van der Waals surface area contributed by atoms with Gasteiger partial charge in [0.05, 0.1) is 5.52 Å². The minimum atomic E-state index is 0.619. The van der Waals surface area contributed by atoms with Gasteiger partial charge < -0.3 is 0 Å². The monoisotopic (exact) mass is 303 g/mol. The maximum Gasteiger partial charge on any atom is 0.133 e. The van der Waals surface area contributed by atoms with Crippen molar-refractivity contribution < 1.29 is 0 Å². The van der Waals surface area contributed by atoms with E-state index in [9.17, 15) is 0 Å². The lowest BCUT2D eigenvalue weighted by Crippen LogP contribution is -1.86. The lowest BCUT2D eigenvalue weighted by Gasteiger charge is -2.01. The molecule has 2 aromatic rings. The maximum absolute atomic E-state index is 5.99. The smallest absolute Gasteiger partial charge is 0.133 e. The van der Waals surface area contributed by atoms with Crippen molar-refractivity contribution in [2.24, 2.45) is 0 Å². The third-order valence-electron chi connectivity index (χ3n) is 1.89. The van der Waals surface area contributed by atoms with E-state index in [1.165, 1.54) is 0 Å². The molecule has 66 valence electrons. The first-order valence-corrected chi connectivity index (χ1v) is 5.82. The first-order valence-electron chi connectivity index (χ1n) is 3.91. The van der Waals surface area contributed by atoms with E-state index < -0.39 is 0 Å². The number of halogens is 2. The van der Waals surface area contributed by atoms with E-state index in [-0.39, 0.29) is 0 Å². The highest BCUT2D eigenvalue weighted by Crippen LogP contribution is 2.22. The van der Waals surface area contributed by atoms with Gasteiger partial charge in [-0.3, -0.25) is 0 Å². The lowest BCUT2D eigenvalue weighted by molar-refractivity contribution is 1.33. The number of para-hydroxylation sites is 1.